The summed E-state index contributed by atoms with van der Waals surface area (Å²) >= 11 is 5.71. The fourth-order valence-electron chi connectivity index (χ4n) is 3.25. The number of halogens is 1. The minimum atomic E-state index is -0.501. The van der Waals surface area contributed by atoms with Crippen molar-refractivity contribution >= 4 is 30.1 Å². The largest absolute Gasteiger partial charge is 0.498 e. The van der Waals surface area contributed by atoms with E-state index in [1.807, 2.05) is 27.7 Å². The molecular weight excluding hydrogens is 368 g/mol. The molecule has 27 heavy (non-hydrogen) atoms. The molecule has 1 atom stereocenters. The third-order valence-corrected chi connectivity index (χ3v) is 5.87. The predicted octanol–water partition coefficient (Wildman–Crippen LogP) is 1.77. The maximum Gasteiger partial charge on any atom is 0.498 e. The summed E-state index contributed by atoms with van der Waals surface area (Å²) in [7, 11) is -0.501. The smallest absolute Gasteiger partial charge is 0.461 e. The third kappa shape index (κ3) is 4.38. The van der Waals surface area contributed by atoms with Gasteiger partial charge in [0.05, 0.1) is 17.2 Å². The number of hydrogen-bond donors (Lipinski definition) is 0. The molecular formula is C18H27BClN3O4. The van der Waals surface area contributed by atoms with Crippen LogP contribution in [0, 0.1) is 0 Å². The molecule has 2 aliphatic heterocycles. The van der Waals surface area contributed by atoms with Gasteiger partial charge in [0.25, 0.3) is 0 Å². The van der Waals surface area contributed by atoms with Gasteiger partial charge in [0, 0.05) is 24.4 Å². The Morgan fingerprint density at radius 1 is 1.26 bits per heavy atom. The third-order valence-electron chi connectivity index (χ3n) is 5.64. The zero-order chi connectivity index (χ0) is 19.7. The van der Waals surface area contributed by atoms with Crippen LogP contribution in [0.15, 0.2) is 12.4 Å². The van der Waals surface area contributed by atoms with E-state index in [9.17, 15) is 4.79 Å². The number of carbonyl (C=O) groups is 1. The molecule has 1 aromatic heterocycles. The Kier molecular flexibility index (Phi) is 5.98. The van der Waals surface area contributed by atoms with Gasteiger partial charge in [0.1, 0.15) is 12.5 Å². The van der Waals surface area contributed by atoms with Crippen molar-refractivity contribution in [2.45, 2.75) is 64.2 Å². The van der Waals surface area contributed by atoms with Crippen molar-refractivity contribution < 1.29 is 18.8 Å². The molecule has 1 aromatic rings. The molecule has 0 unspecified atom stereocenters. The number of likely N-dealkylation sites (tertiary alicyclic amines) is 1. The highest BCUT2D eigenvalue weighted by atomic mass is 35.5. The molecule has 9 heteroatoms. The first-order chi connectivity index (χ1) is 12.7. The predicted molar refractivity (Wildman–Crippen MR) is 103 cm³/mol. The first kappa shape index (κ1) is 20.4. The summed E-state index contributed by atoms with van der Waals surface area (Å²) < 4.78 is 17.7. The standard InChI is InChI=1S/C18H27BClN3O4/c1-17(2)18(3,4)27-19(26-17)13-10-21-16(22-11-13)25-12-14-7-5-6-8-23(14)15(24)9-20/h10-11,14H,5-9,12H2,1-4H3/t14-/m0/s1. The van der Waals surface area contributed by atoms with E-state index < -0.39 is 18.3 Å². The number of hydrogen-bond acceptors (Lipinski definition) is 6. The van der Waals surface area contributed by atoms with E-state index in [-0.39, 0.29) is 23.8 Å². The molecule has 7 nitrogen and oxygen atoms in total. The monoisotopic (exact) mass is 395 g/mol. The lowest BCUT2D eigenvalue weighted by Crippen LogP contribution is -2.47. The average Bonchev–Trinajstić information content (AvgIpc) is 2.87. The molecule has 0 N–H and O–H groups in total. The fourth-order valence-corrected chi connectivity index (χ4v) is 3.40. The Labute approximate surface area is 165 Å². The molecule has 2 fully saturated rings. The molecule has 0 aliphatic carbocycles. The highest BCUT2D eigenvalue weighted by Crippen LogP contribution is 2.36. The van der Waals surface area contributed by atoms with E-state index in [0.717, 1.165) is 31.3 Å². The van der Waals surface area contributed by atoms with Gasteiger partial charge in [-0.15, -0.1) is 11.6 Å². The number of aromatic nitrogens is 2. The summed E-state index contributed by atoms with van der Waals surface area (Å²) in [6, 6.07) is 0.287. The molecule has 2 aliphatic rings. The van der Waals surface area contributed by atoms with Gasteiger partial charge >= 0.3 is 13.1 Å². The zero-order valence-electron chi connectivity index (χ0n) is 16.4. The van der Waals surface area contributed by atoms with Crippen molar-refractivity contribution in [2.24, 2.45) is 0 Å². The Morgan fingerprint density at radius 2 is 1.89 bits per heavy atom. The van der Waals surface area contributed by atoms with Crippen LogP contribution in [0.4, 0.5) is 0 Å². The minimum Gasteiger partial charge on any atom is -0.461 e. The maximum absolute atomic E-state index is 12.0. The SMILES string of the molecule is CC1(C)OB(c2cnc(OC[C@@H]3CCCCN3C(=O)CCl)nc2)OC1(C)C. The van der Waals surface area contributed by atoms with E-state index in [1.54, 1.807) is 17.3 Å². The van der Waals surface area contributed by atoms with Gasteiger partial charge in [0.2, 0.25) is 5.91 Å². The number of alkyl halides is 1. The van der Waals surface area contributed by atoms with Crippen LogP contribution in [0.5, 0.6) is 6.01 Å². The molecule has 2 saturated heterocycles. The summed E-state index contributed by atoms with van der Waals surface area (Å²) in [5, 5.41) is 0. The summed E-state index contributed by atoms with van der Waals surface area (Å²) in [5.41, 5.74) is -0.0732. The number of ether oxygens (including phenoxy) is 1. The van der Waals surface area contributed by atoms with Gasteiger partial charge in [0.15, 0.2) is 0 Å². The second-order valence-corrected chi connectivity index (χ2v) is 8.34. The summed E-state index contributed by atoms with van der Waals surface area (Å²) in [6.07, 6.45) is 6.29. The second kappa shape index (κ2) is 7.93. The minimum absolute atomic E-state index is 0.00418. The van der Waals surface area contributed by atoms with Crippen LogP contribution in [0.25, 0.3) is 0 Å². The maximum atomic E-state index is 12.0. The lowest BCUT2D eigenvalue weighted by molar-refractivity contribution is -0.132. The molecule has 3 rings (SSSR count). The van der Waals surface area contributed by atoms with Gasteiger partial charge in [-0.3, -0.25) is 4.79 Å². The van der Waals surface area contributed by atoms with E-state index >= 15 is 0 Å². The number of piperidine rings is 1. The van der Waals surface area contributed by atoms with Crippen LogP contribution in [0.3, 0.4) is 0 Å². The van der Waals surface area contributed by atoms with Crippen LogP contribution in [-0.2, 0) is 14.1 Å². The lowest BCUT2D eigenvalue weighted by atomic mass is 9.81. The zero-order valence-corrected chi connectivity index (χ0v) is 17.2. The lowest BCUT2D eigenvalue weighted by Gasteiger charge is -2.34. The number of amides is 1. The van der Waals surface area contributed by atoms with E-state index in [2.05, 4.69) is 9.97 Å². The molecule has 0 aromatic carbocycles. The fraction of sp³-hybridized carbons (Fsp3) is 0.722. The van der Waals surface area contributed by atoms with Crippen molar-refractivity contribution in [2.75, 3.05) is 19.0 Å². The molecule has 148 valence electrons. The Bertz CT molecular complexity index is 655. The quantitative estimate of drug-likeness (QED) is 0.559. The molecule has 3 heterocycles. The molecule has 0 radical (unpaired) electrons. The van der Waals surface area contributed by atoms with Crippen LogP contribution in [0.2, 0.25) is 0 Å². The van der Waals surface area contributed by atoms with E-state index in [4.69, 9.17) is 25.6 Å². The van der Waals surface area contributed by atoms with Crippen LogP contribution in [-0.4, -0.2) is 64.2 Å². The topological polar surface area (TPSA) is 73.8 Å². The number of carbonyl (C=O) groups excluding carboxylic acids is 1. The molecule has 1 amide bonds. The first-order valence-electron chi connectivity index (χ1n) is 9.39. The van der Waals surface area contributed by atoms with Crippen molar-refractivity contribution in [3.05, 3.63) is 12.4 Å². The van der Waals surface area contributed by atoms with Gasteiger partial charge < -0.3 is 18.9 Å². The average molecular weight is 396 g/mol. The van der Waals surface area contributed by atoms with Crippen molar-refractivity contribution in [1.29, 1.82) is 0 Å². The Hall–Kier alpha value is -1.38. The van der Waals surface area contributed by atoms with Gasteiger partial charge in [-0.05, 0) is 47.0 Å². The normalized spacial score (nSPS) is 24.1. The van der Waals surface area contributed by atoms with Crippen molar-refractivity contribution in [3.63, 3.8) is 0 Å². The van der Waals surface area contributed by atoms with Gasteiger partial charge in [-0.1, -0.05) is 0 Å². The Balaban J connectivity index is 1.59. The van der Waals surface area contributed by atoms with Crippen molar-refractivity contribution in [1.82, 2.24) is 14.9 Å². The van der Waals surface area contributed by atoms with E-state index in [0.29, 0.717) is 6.61 Å². The Morgan fingerprint density at radius 3 is 2.48 bits per heavy atom. The van der Waals surface area contributed by atoms with Crippen LogP contribution in [0.1, 0.15) is 47.0 Å². The highest BCUT2D eigenvalue weighted by Gasteiger charge is 2.52. The number of rotatable bonds is 5. The second-order valence-electron chi connectivity index (χ2n) is 8.07. The van der Waals surface area contributed by atoms with Crippen molar-refractivity contribution in [3.8, 4) is 6.01 Å². The van der Waals surface area contributed by atoms with E-state index in [1.165, 1.54) is 0 Å². The highest BCUT2D eigenvalue weighted by molar-refractivity contribution is 6.61. The summed E-state index contributed by atoms with van der Waals surface area (Å²) in [6.45, 7) is 9.10. The van der Waals surface area contributed by atoms with Gasteiger partial charge in [-0.2, -0.15) is 0 Å². The molecule has 0 saturated carbocycles. The van der Waals surface area contributed by atoms with Gasteiger partial charge in [-0.25, -0.2) is 9.97 Å². The van der Waals surface area contributed by atoms with Crippen LogP contribution >= 0.6 is 11.6 Å². The summed E-state index contributed by atoms with van der Waals surface area (Å²) in [5.74, 6) is -0.0579. The van der Waals surface area contributed by atoms with Crippen LogP contribution < -0.4 is 10.2 Å². The summed E-state index contributed by atoms with van der Waals surface area (Å²) in [4.78, 5) is 22.3. The first-order valence-corrected chi connectivity index (χ1v) is 9.93. The number of nitrogens with zero attached hydrogens (tertiary/aromatic N) is 3. The molecule has 0 bridgehead atoms. The molecule has 0 spiro atoms.